The predicted octanol–water partition coefficient (Wildman–Crippen LogP) is -3.19. The van der Waals surface area contributed by atoms with Crippen LogP contribution < -0.4 is 0 Å². The van der Waals surface area contributed by atoms with Gasteiger partial charge in [0.25, 0.3) is 0 Å². The molecule has 0 aromatic heterocycles. The van der Waals surface area contributed by atoms with E-state index in [9.17, 15) is 66.1 Å². The van der Waals surface area contributed by atoms with E-state index >= 15 is 0 Å². The second kappa shape index (κ2) is 18.5. The summed E-state index contributed by atoms with van der Waals surface area (Å²) >= 11 is 0. The number of ether oxygens (including phenoxy) is 7. The molecule has 0 spiro atoms. The van der Waals surface area contributed by atoms with E-state index in [1.807, 2.05) is 0 Å². The van der Waals surface area contributed by atoms with Gasteiger partial charge < -0.3 is 94.4 Å². The van der Waals surface area contributed by atoms with Crippen LogP contribution in [0.1, 0.15) is 18.1 Å². The number of carbonyl (C=O) groups excluding carboxylic acids is 1. The highest BCUT2D eigenvalue weighted by molar-refractivity contribution is 5.87. The van der Waals surface area contributed by atoms with Gasteiger partial charge in [-0.05, 0) is 54.8 Å². The minimum atomic E-state index is -1.84. The first-order valence-electron chi connectivity index (χ1n) is 17.2. The van der Waals surface area contributed by atoms with Crippen LogP contribution in [0.25, 0.3) is 6.08 Å². The predicted molar refractivity (Wildman–Crippen MR) is 180 cm³/mol. The molecular formula is C35H46O20. The van der Waals surface area contributed by atoms with Gasteiger partial charge in [-0.15, -0.1) is 0 Å². The van der Waals surface area contributed by atoms with Crippen molar-refractivity contribution in [3.8, 4) is 23.0 Å². The zero-order valence-electron chi connectivity index (χ0n) is 29.2. The van der Waals surface area contributed by atoms with Gasteiger partial charge in [0.15, 0.2) is 48.0 Å². The van der Waals surface area contributed by atoms with E-state index in [-0.39, 0.29) is 30.3 Å². The van der Waals surface area contributed by atoms with Crippen molar-refractivity contribution in [2.45, 2.75) is 105 Å². The van der Waals surface area contributed by atoms with E-state index in [1.165, 1.54) is 49.4 Å². The molecule has 3 fully saturated rings. The van der Waals surface area contributed by atoms with Gasteiger partial charge in [-0.2, -0.15) is 0 Å². The van der Waals surface area contributed by atoms with Gasteiger partial charge in [0.1, 0.15) is 61.0 Å². The van der Waals surface area contributed by atoms with Gasteiger partial charge in [-0.1, -0.05) is 12.1 Å². The normalized spacial score (nSPS) is 36.9. The van der Waals surface area contributed by atoms with Crippen molar-refractivity contribution >= 4 is 12.0 Å². The Hall–Kier alpha value is -3.71. The van der Waals surface area contributed by atoms with Crippen LogP contribution in [-0.2, 0) is 44.4 Å². The summed E-state index contributed by atoms with van der Waals surface area (Å²) < 4.78 is 39.4. The zero-order valence-corrected chi connectivity index (χ0v) is 29.2. The molecule has 306 valence electrons. The van der Waals surface area contributed by atoms with E-state index in [4.69, 9.17) is 33.2 Å². The first kappa shape index (κ1) is 42.4. The van der Waals surface area contributed by atoms with Crippen molar-refractivity contribution in [1.29, 1.82) is 0 Å². The van der Waals surface area contributed by atoms with Crippen LogP contribution >= 0.6 is 0 Å². The molecule has 55 heavy (non-hydrogen) atoms. The van der Waals surface area contributed by atoms with Crippen molar-refractivity contribution in [2.24, 2.45) is 0 Å². The molecule has 3 aliphatic heterocycles. The fourth-order valence-electron chi connectivity index (χ4n) is 6.18. The number of phenols is 4. The fourth-order valence-corrected chi connectivity index (χ4v) is 6.18. The summed E-state index contributed by atoms with van der Waals surface area (Å²) in [4.78, 5) is 12.9. The number of hydrogen-bond acceptors (Lipinski definition) is 20. The molecule has 0 aliphatic carbocycles. The lowest BCUT2D eigenvalue weighted by molar-refractivity contribution is -0.360. The highest BCUT2D eigenvalue weighted by atomic mass is 16.8. The quantitative estimate of drug-likeness (QED) is 0.0541. The summed E-state index contributed by atoms with van der Waals surface area (Å²) in [6.07, 6.45) is -21.8. The second-order valence-corrected chi connectivity index (χ2v) is 13.3. The Morgan fingerprint density at radius 2 is 1.27 bits per heavy atom. The van der Waals surface area contributed by atoms with Crippen LogP contribution in [0.15, 0.2) is 42.5 Å². The van der Waals surface area contributed by atoms with Crippen molar-refractivity contribution in [2.75, 3.05) is 19.8 Å². The second-order valence-electron chi connectivity index (χ2n) is 13.3. The highest BCUT2D eigenvalue weighted by Gasteiger charge is 2.51. The molecular weight excluding hydrogens is 740 g/mol. The number of phenolic OH excluding ortho intramolecular Hbond substituents is 4. The standard InChI is InChI=1S/C35H46O20/c1-14-31(55-35-28(46)25(43)24(42)21(12-36)52-35)26(44)29(47)34(51-14)50-13-22-32(54-23(41)7-4-15-2-5-17(37)19(39)10-15)27(45)30(48)33(53-22)49-9-8-16-3-6-18(38)20(40)11-16/h2-7,10-11,14,21-22,24-40,42-48H,8-9,12-13H2,1H3/t14-,21+,22+,24+,25-,26-,27+,28+,29+,30+,31-,32+,33+,34+,35-/m0/s1. The summed E-state index contributed by atoms with van der Waals surface area (Å²) in [7, 11) is 0. The summed E-state index contributed by atoms with van der Waals surface area (Å²) in [6.45, 7) is -0.0485. The molecule has 2 aromatic rings. The van der Waals surface area contributed by atoms with E-state index in [2.05, 4.69) is 0 Å². The van der Waals surface area contributed by atoms with Crippen LogP contribution in [0, 0.1) is 0 Å². The summed E-state index contributed by atoms with van der Waals surface area (Å²) in [5, 5.41) is 123. The van der Waals surface area contributed by atoms with Gasteiger partial charge in [0.2, 0.25) is 0 Å². The molecule has 0 radical (unpaired) electrons. The van der Waals surface area contributed by atoms with E-state index < -0.39 is 117 Å². The summed E-state index contributed by atoms with van der Waals surface area (Å²) in [6, 6.07) is 7.85. The third-order valence-electron chi connectivity index (χ3n) is 9.36. The fraction of sp³-hybridized carbons (Fsp3) is 0.571. The molecule has 2 aromatic carbocycles. The van der Waals surface area contributed by atoms with Crippen LogP contribution in [0.3, 0.4) is 0 Å². The van der Waals surface area contributed by atoms with E-state index in [0.717, 1.165) is 6.08 Å². The number of aliphatic hydroxyl groups excluding tert-OH is 8. The maximum atomic E-state index is 12.9. The van der Waals surface area contributed by atoms with Gasteiger partial charge in [0, 0.05) is 6.08 Å². The summed E-state index contributed by atoms with van der Waals surface area (Å²) in [5.41, 5.74) is 0.847. The third kappa shape index (κ3) is 10.0. The van der Waals surface area contributed by atoms with Crippen molar-refractivity contribution in [1.82, 2.24) is 0 Å². The number of aromatic hydroxyl groups is 4. The third-order valence-corrected chi connectivity index (χ3v) is 9.36. The Balaban J connectivity index is 1.26. The van der Waals surface area contributed by atoms with E-state index in [1.54, 1.807) is 0 Å². The first-order chi connectivity index (χ1) is 26.1. The zero-order chi connectivity index (χ0) is 40.1. The lowest BCUT2D eigenvalue weighted by atomic mass is 9.97. The Kier molecular flexibility index (Phi) is 14.3. The van der Waals surface area contributed by atoms with Gasteiger partial charge in [-0.25, -0.2) is 4.79 Å². The number of carbonyl (C=O) groups is 1. The number of esters is 1. The smallest absolute Gasteiger partial charge is 0.331 e. The van der Waals surface area contributed by atoms with Crippen LogP contribution in [0.4, 0.5) is 0 Å². The maximum Gasteiger partial charge on any atom is 0.331 e. The largest absolute Gasteiger partial charge is 0.504 e. The molecule has 5 rings (SSSR count). The lowest BCUT2D eigenvalue weighted by Crippen LogP contribution is -2.64. The minimum absolute atomic E-state index is 0.122. The number of aliphatic hydroxyl groups is 8. The molecule has 3 aliphatic rings. The Morgan fingerprint density at radius 1 is 0.673 bits per heavy atom. The Morgan fingerprint density at radius 3 is 1.93 bits per heavy atom. The maximum absolute atomic E-state index is 12.9. The van der Waals surface area contributed by atoms with Crippen molar-refractivity contribution < 1.29 is 99.2 Å². The van der Waals surface area contributed by atoms with Gasteiger partial charge in [-0.3, -0.25) is 0 Å². The molecule has 0 saturated carbocycles. The molecule has 15 atom stereocenters. The molecule has 3 heterocycles. The Labute approximate surface area is 313 Å². The first-order valence-corrected chi connectivity index (χ1v) is 17.2. The minimum Gasteiger partial charge on any atom is -0.504 e. The number of rotatable bonds is 13. The molecule has 0 unspecified atom stereocenters. The monoisotopic (exact) mass is 786 g/mol. The molecule has 12 N–H and O–H groups in total. The van der Waals surface area contributed by atoms with Crippen LogP contribution in [-0.4, -0.2) is 179 Å². The van der Waals surface area contributed by atoms with E-state index in [0.29, 0.717) is 11.1 Å². The topological polar surface area (TPSA) is 324 Å². The summed E-state index contributed by atoms with van der Waals surface area (Å²) in [5.74, 6) is -2.56. The van der Waals surface area contributed by atoms with Gasteiger partial charge >= 0.3 is 5.97 Å². The highest BCUT2D eigenvalue weighted by Crippen LogP contribution is 2.32. The molecule has 3 saturated heterocycles. The average Bonchev–Trinajstić information content (AvgIpc) is 3.16. The van der Waals surface area contributed by atoms with Gasteiger partial charge in [0.05, 0.1) is 25.9 Å². The SMILES string of the molecule is C[C@@H]1O[C@@H](OC[C@H]2O[C@@H](OCCc3ccc(O)c(O)c3)[C@H](O)[C@@H](O)[C@@H]2OC(=O)C=Cc2ccc(O)c(O)c2)[C@H](O)[C@H](O)[C@H]1O[C@@H]1O[C@H](CO)[C@@H](O)[C@H](O)[C@H]1O. The Bertz CT molecular complexity index is 1610. The molecule has 20 nitrogen and oxygen atoms in total. The van der Waals surface area contributed by atoms with Crippen molar-refractivity contribution in [3.05, 3.63) is 53.6 Å². The number of benzene rings is 2. The average molecular weight is 787 g/mol. The van der Waals surface area contributed by atoms with Crippen LogP contribution in [0.5, 0.6) is 23.0 Å². The number of hydrogen-bond donors (Lipinski definition) is 12. The molecule has 0 amide bonds. The van der Waals surface area contributed by atoms with Crippen LogP contribution in [0.2, 0.25) is 0 Å². The molecule has 0 bridgehead atoms. The lowest BCUT2D eigenvalue weighted by Gasteiger charge is -2.46. The molecule has 20 heteroatoms. The van der Waals surface area contributed by atoms with Crippen molar-refractivity contribution in [3.63, 3.8) is 0 Å².